The quantitative estimate of drug-likeness (QED) is 0.0935. The van der Waals surface area contributed by atoms with Crippen LogP contribution in [0.4, 0.5) is 4.79 Å². The van der Waals surface area contributed by atoms with Crippen molar-refractivity contribution in [3.63, 3.8) is 0 Å². The number of esters is 1. The Balaban J connectivity index is 1.85. The van der Waals surface area contributed by atoms with Crippen LogP contribution in [0.25, 0.3) is 0 Å². The number of primary amides is 1. The summed E-state index contributed by atoms with van der Waals surface area (Å²) in [6.45, 7) is 14.1. The Morgan fingerprint density at radius 2 is 1.69 bits per heavy atom. The Hall–Kier alpha value is -3.62. The lowest BCUT2D eigenvalue weighted by Crippen LogP contribution is -2.47. The van der Waals surface area contributed by atoms with E-state index in [-0.39, 0.29) is 36.9 Å². The lowest BCUT2D eigenvalue weighted by Gasteiger charge is -2.33. The molecule has 5 atom stereocenters. The van der Waals surface area contributed by atoms with Crippen molar-refractivity contribution in [3.05, 3.63) is 23.8 Å². The van der Waals surface area contributed by atoms with Crippen LogP contribution in [0.1, 0.15) is 86.1 Å². The number of hydrogen-bond acceptors (Lipinski definition) is 11. The van der Waals surface area contributed by atoms with Crippen LogP contribution in [0.3, 0.4) is 0 Å². The number of amides is 3. The Morgan fingerprint density at radius 1 is 1.00 bits per heavy atom. The van der Waals surface area contributed by atoms with Crippen molar-refractivity contribution in [1.82, 2.24) is 10.2 Å². The predicted molar refractivity (Wildman–Crippen MR) is 194 cm³/mol. The smallest absolute Gasteiger partial charge is 0.415 e. The van der Waals surface area contributed by atoms with E-state index in [1.807, 2.05) is 32.0 Å². The van der Waals surface area contributed by atoms with Crippen LogP contribution in [0.15, 0.2) is 18.2 Å². The number of benzene rings is 1. The summed E-state index contributed by atoms with van der Waals surface area (Å²) in [5.74, 6) is -0.344. The number of hydrogen-bond donors (Lipinski definition) is 3. The highest BCUT2D eigenvalue weighted by Gasteiger charge is 2.49. The second-order valence-corrected chi connectivity index (χ2v) is 15.6. The van der Waals surface area contributed by atoms with Crippen LogP contribution in [-0.4, -0.2) is 93.5 Å². The molecule has 294 valence electrons. The molecule has 3 rings (SSSR count). The number of ether oxygens (including phenoxy) is 6. The van der Waals surface area contributed by atoms with E-state index >= 15 is 0 Å². The Bertz CT molecular complexity index is 1370. The zero-order chi connectivity index (χ0) is 38.8. The first-order valence-electron chi connectivity index (χ1n) is 18.4. The summed E-state index contributed by atoms with van der Waals surface area (Å²) < 4.78 is 34.0. The molecule has 2 fully saturated rings. The maximum atomic E-state index is 13.7. The molecule has 0 bridgehead atoms. The van der Waals surface area contributed by atoms with Gasteiger partial charge < -0.3 is 45.2 Å². The number of nitrogens with two attached hydrogens (primary N) is 2. The second kappa shape index (κ2) is 18.9. The molecule has 1 saturated carbocycles. The molecule has 1 saturated heterocycles. The van der Waals surface area contributed by atoms with E-state index in [1.54, 1.807) is 28.1 Å². The molecular weight excluding hydrogens is 672 g/mol. The summed E-state index contributed by atoms with van der Waals surface area (Å²) in [6, 6.07) is 5.43. The first kappa shape index (κ1) is 42.8. The van der Waals surface area contributed by atoms with Gasteiger partial charge in [-0.1, -0.05) is 33.8 Å². The summed E-state index contributed by atoms with van der Waals surface area (Å²) in [5.41, 5.74) is 10.6. The topological polar surface area (TPSA) is 191 Å². The van der Waals surface area contributed by atoms with Gasteiger partial charge in [-0.15, -0.1) is 0 Å². The van der Waals surface area contributed by atoms with Gasteiger partial charge >= 0.3 is 12.1 Å². The number of carbonyl (C=O) groups excluding carboxylic acids is 4. The van der Waals surface area contributed by atoms with Crippen LogP contribution < -0.4 is 26.3 Å². The van der Waals surface area contributed by atoms with E-state index < -0.39 is 53.3 Å². The highest BCUT2D eigenvalue weighted by molar-refractivity contribution is 5.84. The monoisotopic (exact) mass is 734 g/mol. The van der Waals surface area contributed by atoms with Crippen LogP contribution in [0.2, 0.25) is 0 Å². The fourth-order valence-corrected chi connectivity index (χ4v) is 6.13. The average Bonchev–Trinajstić information content (AvgIpc) is 3.71. The first-order chi connectivity index (χ1) is 24.4. The molecule has 0 spiro atoms. The van der Waals surface area contributed by atoms with Gasteiger partial charge in [-0.3, -0.25) is 14.5 Å². The van der Waals surface area contributed by atoms with Crippen molar-refractivity contribution in [2.75, 3.05) is 40.7 Å². The fourth-order valence-electron chi connectivity index (χ4n) is 6.13. The molecule has 1 unspecified atom stereocenters. The summed E-state index contributed by atoms with van der Waals surface area (Å²) in [5, 5.41) is 2.91. The van der Waals surface area contributed by atoms with Crippen molar-refractivity contribution in [2.24, 2.45) is 40.6 Å². The summed E-state index contributed by atoms with van der Waals surface area (Å²) in [4.78, 5) is 53.1. The number of carbonyl (C=O) groups is 4. The van der Waals surface area contributed by atoms with E-state index in [9.17, 15) is 19.2 Å². The molecule has 1 heterocycles. The predicted octanol–water partition coefficient (Wildman–Crippen LogP) is 4.15. The standard InChI is InChI=1S/C38H62N4O10/c1-23(2)27(17-26-11-12-30(48-9)32(18-26)49-16-10-15-47-8)19-29-31(20-28(24(3)4)33(43)41-21-37(6,7)34(39)44)50-22-42(29)36(46)52-25(5)51-35(45)38(40)13-14-38/h11-12,18,23-25,27-29,31H,10,13-17,19-22,40H2,1-9H3,(H2,39,44)(H,41,43)/t25?,27-,28-,29-,31-/m0/s1. The van der Waals surface area contributed by atoms with Crippen molar-refractivity contribution in [1.29, 1.82) is 0 Å². The summed E-state index contributed by atoms with van der Waals surface area (Å²) >= 11 is 0. The largest absolute Gasteiger partial charge is 0.493 e. The maximum absolute atomic E-state index is 13.7. The summed E-state index contributed by atoms with van der Waals surface area (Å²) in [6.07, 6.45) is 0.940. The van der Waals surface area contributed by atoms with Crippen molar-refractivity contribution in [2.45, 2.75) is 111 Å². The molecule has 0 aromatic heterocycles. The van der Waals surface area contributed by atoms with Crippen LogP contribution in [-0.2, 0) is 39.8 Å². The van der Waals surface area contributed by atoms with Crippen LogP contribution in [0.5, 0.6) is 11.5 Å². The molecule has 5 N–H and O–H groups in total. The van der Waals surface area contributed by atoms with Gasteiger partial charge in [0.15, 0.2) is 11.5 Å². The highest BCUT2D eigenvalue weighted by atomic mass is 16.7. The number of nitrogens with zero attached hydrogens (tertiary/aromatic N) is 1. The lowest BCUT2D eigenvalue weighted by molar-refractivity contribution is -0.169. The fraction of sp³-hybridized carbons (Fsp3) is 0.737. The van der Waals surface area contributed by atoms with Crippen LogP contribution >= 0.6 is 0 Å². The molecule has 1 aliphatic carbocycles. The average molecular weight is 735 g/mol. The van der Waals surface area contributed by atoms with Crippen LogP contribution in [0, 0.1) is 29.1 Å². The molecule has 14 nitrogen and oxygen atoms in total. The highest BCUT2D eigenvalue weighted by Crippen LogP contribution is 2.37. The van der Waals surface area contributed by atoms with Gasteiger partial charge in [0.05, 0.1) is 31.3 Å². The van der Waals surface area contributed by atoms with E-state index in [0.29, 0.717) is 56.8 Å². The molecule has 1 aliphatic heterocycles. The SMILES string of the molecule is COCCCOc1cc(C[C@@H](C[C@H]2[C@H](C[C@H](C(=O)NCC(C)(C)C(N)=O)C(C)C)OCN2C(=O)OC(C)OC(=O)C2(N)CC2)C(C)C)ccc1OC. The Kier molecular flexibility index (Phi) is 15.6. The Morgan fingerprint density at radius 3 is 2.27 bits per heavy atom. The second-order valence-electron chi connectivity index (χ2n) is 15.6. The molecule has 2 aliphatic rings. The molecule has 1 aromatic rings. The van der Waals surface area contributed by atoms with Gasteiger partial charge in [0.2, 0.25) is 18.1 Å². The minimum atomic E-state index is -1.16. The van der Waals surface area contributed by atoms with Gasteiger partial charge in [-0.25, -0.2) is 9.59 Å². The summed E-state index contributed by atoms with van der Waals surface area (Å²) in [7, 11) is 3.26. The zero-order valence-corrected chi connectivity index (χ0v) is 32.5. The van der Waals surface area contributed by atoms with Crippen molar-refractivity contribution < 1.29 is 47.6 Å². The Labute approximate surface area is 308 Å². The van der Waals surface area contributed by atoms with E-state index in [1.165, 1.54) is 11.8 Å². The third kappa shape index (κ3) is 12.0. The van der Waals surface area contributed by atoms with Gasteiger partial charge in [0, 0.05) is 39.5 Å². The number of nitrogens with one attached hydrogen (secondary N) is 1. The lowest BCUT2D eigenvalue weighted by atomic mass is 9.80. The zero-order valence-electron chi connectivity index (χ0n) is 32.5. The molecule has 52 heavy (non-hydrogen) atoms. The molecule has 0 radical (unpaired) electrons. The minimum Gasteiger partial charge on any atom is -0.493 e. The van der Waals surface area contributed by atoms with Gasteiger partial charge in [0.25, 0.3) is 0 Å². The van der Waals surface area contributed by atoms with Crippen molar-refractivity contribution in [3.8, 4) is 11.5 Å². The van der Waals surface area contributed by atoms with E-state index in [2.05, 4.69) is 19.2 Å². The van der Waals surface area contributed by atoms with Gasteiger partial charge in [-0.05, 0) is 81.4 Å². The van der Waals surface area contributed by atoms with E-state index in [0.717, 1.165) is 12.0 Å². The third-order valence-corrected chi connectivity index (χ3v) is 10.2. The number of methoxy groups -OCH3 is 2. The third-order valence-electron chi connectivity index (χ3n) is 10.2. The minimum absolute atomic E-state index is 0.0659. The van der Waals surface area contributed by atoms with E-state index in [4.69, 9.17) is 39.9 Å². The van der Waals surface area contributed by atoms with Gasteiger partial charge in [0.1, 0.15) is 12.3 Å². The van der Waals surface area contributed by atoms with Gasteiger partial charge in [-0.2, -0.15) is 0 Å². The number of rotatable bonds is 21. The van der Waals surface area contributed by atoms with Crippen molar-refractivity contribution >= 4 is 23.9 Å². The molecule has 14 heteroatoms. The molecule has 1 aromatic carbocycles. The molecule has 3 amide bonds. The normalized spacial score (nSPS) is 19.9. The molecular formula is C38H62N4O10. The first-order valence-corrected chi connectivity index (χ1v) is 18.4. The maximum Gasteiger partial charge on any atom is 0.415 e.